The zero-order valence-corrected chi connectivity index (χ0v) is 40.2. The molecule has 2 fully saturated rings. The molecule has 4 aromatic rings. The van der Waals surface area contributed by atoms with Gasteiger partial charge in [-0.15, -0.1) is 0 Å². The van der Waals surface area contributed by atoms with Crippen LogP contribution < -0.4 is 10.7 Å². The van der Waals surface area contributed by atoms with Crippen LogP contribution in [-0.4, -0.2) is 123 Å². The lowest BCUT2D eigenvalue weighted by atomic mass is 9.84. The number of aromatic nitrogens is 3. The summed E-state index contributed by atoms with van der Waals surface area (Å²) in [5.41, 5.74) is 7.10. The van der Waals surface area contributed by atoms with Crippen molar-refractivity contribution in [3.63, 3.8) is 0 Å². The summed E-state index contributed by atoms with van der Waals surface area (Å²) in [7, 11) is 3.16. The Kier molecular flexibility index (Phi) is 14.2. The molecule has 4 aliphatic rings. The molecule has 2 saturated heterocycles. The minimum absolute atomic E-state index is 0.0245. The molecular formula is C51H63F3N8O7. The normalized spacial score (nSPS) is 22.5. The summed E-state index contributed by atoms with van der Waals surface area (Å²) in [5.74, 6) is -3.07. The number of cyclic esters (lactones) is 1. The van der Waals surface area contributed by atoms with Crippen LogP contribution in [0, 0.1) is 17.3 Å². The minimum atomic E-state index is -4.58. The molecule has 370 valence electrons. The van der Waals surface area contributed by atoms with Crippen molar-refractivity contribution in [3.8, 4) is 22.4 Å². The average Bonchev–Trinajstić information content (AvgIpc) is 4.05. The number of amides is 4. The SMILES string of the molecule is C=CC(=O)N1CC[C@H](C(=O)N(C)C(C(=O)N[C@H]2Cc3cccc(c3)-c3ccc4c(c3)c(c(-c3cnn5c3[C@@H](OC)CCC5)n4CC(F)(F)F)CC(C)(C)COC(=O)[C@@H]3CCCN(N3)C2=O)C(C)C)C1. The number of methoxy groups -OCH3 is 1. The number of aryl methyl sites for hydroxylation is 1. The Balaban J connectivity index is 1.21. The van der Waals surface area contributed by atoms with Crippen LogP contribution in [0.3, 0.4) is 0 Å². The highest BCUT2D eigenvalue weighted by Gasteiger charge is 2.41. The van der Waals surface area contributed by atoms with E-state index >= 15 is 0 Å². The second kappa shape index (κ2) is 19.8. The lowest BCUT2D eigenvalue weighted by Crippen LogP contribution is -2.62. The number of carbonyl (C=O) groups is 5. The summed E-state index contributed by atoms with van der Waals surface area (Å²) < 4.78 is 59.4. The molecule has 0 saturated carbocycles. The van der Waals surface area contributed by atoms with Crippen LogP contribution in [0.1, 0.15) is 82.7 Å². The molecule has 4 aliphatic heterocycles. The Morgan fingerprint density at radius 1 is 1.06 bits per heavy atom. The number of carbonyl (C=O) groups excluding carboxylic acids is 5. The number of likely N-dealkylation sites (tertiary alicyclic amines) is 1. The minimum Gasteiger partial charge on any atom is -0.464 e. The van der Waals surface area contributed by atoms with E-state index in [0.717, 1.165) is 12.0 Å². The summed E-state index contributed by atoms with van der Waals surface area (Å²) >= 11 is 0. The van der Waals surface area contributed by atoms with E-state index in [1.807, 2.05) is 62.7 Å². The molecule has 0 aliphatic carbocycles. The molecule has 0 radical (unpaired) electrons. The highest BCUT2D eigenvalue weighted by atomic mass is 19.4. The number of likely N-dealkylation sites (N-methyl/N-ethyl adjacent to an activating group) is 1. The van der Waals surface area contributed by atoms with E-state index in [-0.39, 0.29) is 56.4 Å². The van der Waals surface area contributed by atoms with Crippen LogP contribution in [0.15, 0.2) is 61.3 Å². The molecule has 1 unspecified atom stereocenters. The maximum Gasteiger partial charge on any atom is 0.406 e. The van der Waals surface area contributed by atoms with Gasteiger partial charge in [-0.3, -0.25) is 33.7 Å². The molecule has 6 heterocycles. The van der Waals surface area contributed by atoms with Gasteiger partial charge in [-0.05, 0) is 84.9 Å². The van der Waals surface area contributed by atoms with Gasteiger partial charge in [0.2, 0.25) is 17.7 Å². The molecule has 6 bridgehead atoms. The highest BCUT2D eigenvalue weighted by Crippen LogP contribution is 2.45. The Morgan fingerprint density at radius 3 is 2.54 bits per heavy atom. The van der Waals surface area contributed by atoms with Gasteiger partial charge >= 0.3 is 12.1 Å². The summed E-state index contributed by atoms with van der Waals surface area (Å²) in [6, 6.07) is 9.84. The van der Waals surface area contributed by atoms with Gasteiger partial charge in [-0.1, -0.05) is 64.6 Å². The van der Waals surface area contributed by atoms with Crippen molar-refractivity contribution in [2.75, 3.05) is 40.4 Å². The number of fused-ring (bicyclic) bond motifs is 7. The molecule has 15 nitrogen and oxygen atoms in total. The summed E-state index contributed by atoms with van der Waals surface area (Å²) in [5, 5.41) is 9.60. The molecule has 18 heteroatoms. The number of hydrogen-bond acceptors (Lipinski definition) is 9. The number of alkyl halides is 3. The first-order valence-electron chi connectivity index (χ1n) is 23.9. The maximum atomic E-state index is 14.8. The van der Waals surface area contributed by atoms with Crippen molar-refractivity contribution in [2.45, 2.75) is 116 Å². The number of ether oxygens (including phenoxy) is 2. The standard InChI is InChI=1S/C51H63F3N8O7/c1-8-42(63)59-21-18-34(27-59)47(65)58(6)43(30(2)3)46(64)56-39-23-31-12-9-13-32(22-31)33-16-17-40-35(24-33)36(25-50(4,5)29-69-49(67)38-14-10-20-62(57-38)48(39)66)44(60(40)28-51(52,53)54)37-26-55-61-19-11-15-41(68-7)45(37)61/h8-9,12-13,16-17,22,24,26,30,34,38-39,41,43,57H,1,10-11,14-15,18-21,23,25,27-29H2,2-7H3,(H,56,64)/t34-,38-,39-,41-,43?/m0/s1. The van der Waals surface area contributed by atoms with Crippen molar-refractivity contribution in [1.82, 2.24) is 39.9 Å². The molecule has 2 N–H and O–H groups in total. The van der Waals surface area contributed by atoms with Crippen LogP contribution in [-0.2, 0) is 59.4 Å². The number of hydrazine groups is 1. The van der Waals surface area contributed by atoms with Crippen LogP contribution in [0.4, 0.5) is 13.2 Å². The van der Waals surface area contributed by atoms with Crippen LogP contribution in [0.5, 0.6) is 0 Å². The summed E-state index contributed by atoms with van der Waals surface area (Å²) in [6.07, 6.45) is 0.900. The number of hydrogen-bond donors (Lipinski definition) is 2. The molecule has 2 aromatic heterocycles. The smallest absolute Gasteiger partial charge is 0.406 e. The third-order valence-electron chi connectivity index (χ3n) is 14.1. The summed E-state index contributed by atoms with van der Waals surface area (Å²) in [6.45, 7) is 11.1. The zero-order valence-electron chi connectivity index (χ0n) is 40.2. The van der Waals surface area contributed by atoms with Gasteiger partial charge in [0.1, 0.15) is 24.7 Å². The van der Waals surface area contributed by atoms with Crippen molar-refractivity contribution in [1.29, 1.82) is 0 Å². The van der Waals surface area contributed by atoms with Gasteiger partial charge in [-0.25, -0.2) is 5.43 Å². The zero-order chi connectivity index (χ0) is 49.5. The number of nitrogens with zero attached hydrogens (tertiary/aromatic N) is 6. The number of rotatable bonds is 9. The predicted molar refractivity (Wildman–Crippen MR) is 252 cm³/mol. The van der Waals surface area contributed by atoms with Crippen LogP contribution in [0.2, 0.25) is 0 Å². The van der Waals surface area contributed by atoms with Gasteiger partial charge in [-0.2, -0.15) is 18.3 Å². The average molecular weight is 957 g/mol. The second-order valence-electron chi connectivity index (χ2n) is 20.1. The first-order valence-corrected chi connectivity index (χ1v) is 23.9. The molecule has 0 spiro atoms. The second-order valence-corrected chi connectivity index (χ2v) is 20.1. The Labute approximate surface area is 400 Å². The maximum absolute atomic E-state index is 14.8. The summed E-state index contributed by atoms with van der Waals surface area (Å²) in [4.78, 5) is 72.3. The third kappa shape index (κ3) is 10.3. The van der Waals surface area contributed by atoms with Crippen molar-refractivity contribution >= 4 is 40.5 Å². The molecule has 2 aromatic carbocycles. The third-order valence-corrected chi connectivity index (χ3v) is 14.1. The Morgan fingerprint density at radius 2 is 1.81 bits per heavy atom. The molecule has 5 atom stereocenters. The fourth-order valence-corrected chi connectivity index (χ4v) is 10.7. The molecule has 8 rings (SSSR count). The number of esters is 1. The first kappa shape index (κ1) is 49.4. The van der Waals surface area contributed by atoms with E-state index in [4.69, 9.17) is 9.47 Å². The van der Waals surface area contributed by atoms with Gasteiger partial charge in [0.15, 0.2) is 0 Å². The van der Waals surface area contributed by atoms with E-state index in [0.29, 0.717) is 83.3 Å². The van der Waals surface area contributed by atoms with E-state index in [1.54, 1.807) is 37.4 Å². The van der Waals surface area contributed by atoms with Gasteiger partial charge in [0, 0.05) is 68.6 Å². The fourth-order valence-electron chi connectivity index (χ4n) is 10.7. The van der Waals surface area contributed by atoms with Gasteiger partial charge in [0.05, 0.1) is 36.2 Å². The highest BCUT2D eigenvalue weighted by molar-refractivity contribution is 5.96. The number of nitrogens with one attached hydrogen (secondary N) is 2. The van der Waals surface area contributed by atoms with Crippen molar-refractivity contribution in [3.05, 3.63) is 78.1 Å². The van der Waals surface area contributed by atoms with E-state index in [2.05, 4.69) is 22.4 Å². The molecule has 69 heavy (non-hydrogen) atoms. The Hall–Kier alpha value is -6.01. The largest absolute Gasteiger partial charge is 0.464 e. The lowest BCUT2D eigenvalue weighted by Gasteiger charge is -2.37. The van der Waals surface area contributed by atoms with Crippen molar-refractivity contribution < 1.29 is 46.6 Å². The quantitative estimate of drug-likeness (QED) is 0.143. The van der Waals surface area contributed by atoms with E-state index in [1.165, 1.54) is 20.6 Å². The first-order chi connectivity index (χ1) is 32.8. The van der Waals surface area contributed by atoms with E-state index < -0.39 is 60.0 Å². The van der Waals surface area contributed by atoms with Crippen LogP contribution >= 0.6 is 0 Å². The van der Waals surface area contributed by atoms with Crippen molar-refractivity contribution in [2.24, 2.45) is 17.3 Å². The Bertz CT molecular complexity index is 2640. The van der Waals surface area contributed by atoms with Crippen LogP contribution in [0.25, 0.3) is 33.3 Å². The molecular weight excluding hydrogens is 894 g/mol. The predicted octanol–water partition coefficient (Wildman–Crippen LogP) is 6.38. The number of benzene rings is 2. The van der Waals surface area contributed by atoms with E-state index in [9.17, 15) is 37.1 Å². The monoisotopic (exact) mass is 956 g/mol. The number of halogens is 3. The topological polar surface area (TPSA) is 160 Å². The fraction of sp³-hybridized carbons (Fsp3) is 0.529. The lowest BCUT2D eigenvalue weighted by molar-refractivity contribution is -0.155. The van der Waals surface area contributed by atoms with Gasteiger partial charge < -0.3 is 29.2 Å². The molecule has 4 amide bonds. The van der Waals surface area contributed by atoms with Gasteiger partial charge in [0.25, 0.3) is 5.91 Å².